The highest BCUT2D eigenvalue weighted by molar-refractivity contribution is 5.94. The second kappa shape index (κ2) is 10.6. The van der Waals surface area contributed by atoms with E-state index in [-0.39, 0.29) is 17.8 Å². The number of nitrogens with one attached hydrogen (secondary N) is 2. The Hall–Kier alpha value is -3.19. The molecule has 7 nitrogen and oxygen atoms in total. The molecule has 0 atom stereocenters. The van der Waals surface area contributed by atoms with Crippen molar-refractivity contribution in [1.82, 2.24) is 14.9 Å². The van der Waals surface area contributed by atoms with E-state index >= 15 is 0 Å². The fourth-order valence-electron chi connectivity index (χ4n) is 4.14. The van der Waals surface area contributed by atoms with E-state index in [9.17, 15) is 9.59 Å². The number of ether oxygens (including phenoxy) is 1. The van der Waals surface area contributed by atoms with E-state index in [2.05, 4.69) is 46.2 Å². The van der Waals surface area contributed by atoms with Gasteiger partial charge in [0.2, 0.25) is 5.91 Å². The van der Waals surface area contributed by atoms with Crippen molar-refractivity contribution in [3.63, 3.8) is 0 Å². The van der Waals surface area contributed by atoms with Gasteiger partial charge < -0.3 is 15.0 Å². The molecule has 3 aromatic rings. The molecular formula is C26H32N4O3. The van der Waals surface area contributed by atoms with Crippen LogP contribution in [-0.2, 0) is 16.1 Å². The Bertz CT molecular complexity index is 1100. The number of anilines is 1. The summed E-state index contributed by atoms with van der Waals surface area (Å²) in [6.45, 7) is 7.04. The molecule has 2 aromatic carbocycles. The van der Waals surface area contributed by atoms with Crippen LogP contribution < -0.4 is 5.32 Å². The van der Waals surface area contributed by atoms with Crippen LogP contribution in [0.1, 0.15) is 54.4 Å². The number of H-pyrrole nitrogens is 1. The summed E-state index contributed by atoms with van der Waals surface area (Å²) in [6.07, 6.45) is 3.47. The molecule has 7 heteroatoms. The first-order valence-electron chi connectivity index (χ1n) is 11.8. The number of carbonyl (C=O) groups excluding carboxylic acids is 2. The van der Waals surface area contributed by atoms with E-state index in [0.717, 1.165) is 62.2 Å². The molecule has 0 aliphatic carbocycles. The Balaban J connectivity index is 1.24. The average molecular weight is 449 g/mol. The minimum atomic E-state index is -0.326. The fourth-order valence-corrected chi connectivity index (χ4v) is 4.14. The third kappa shape index (κ3) is 5.99. The molecule has 0 saturated carbocycles. The van der Waals surface area contributed by atoms with Crippen molar-refractivity contribution in [2.75, 3.05) is 25.0 Å². The first-order valence-corrected chi connectivity index (χ1v) is 11.8. The first kappa shape index (κ1) is 23.0. The SMILES string of the molecule is CCCCOC(=O)c1ccc(NC(=O)C2CCN(Cc3nc4ccc(C)cc4[nH]3)CC2)cc1. The van der Waals surface area contributed by atoms with E-state index in [4.69, 9.17) is 4.74 Å². The van der Waals surface area contributed by atoms with E-state index in [1.165, 1.54) is 5.56 Å². The molecule has 1 aliphatic rings. The van der Waals surface area contributed by atoms with E-state index < -0.39 is 0 Å². The number of rotatable bonds is 8. The minimum absolute atomic E-state index is 0.0155. The molecule has 0 unspecified atom stereocenters. The summed E-state index contributed by atoms with van der Waals surface area (Å²) in [7, 11) is 0. The van der Waals surface area contributed by atoms with Gasteiger partial charge in [-0.05, 0) is 81.2 Å². The molecule has 1 aliphatic heterocycles. The maximum absolute atomic E-state index is 12.7. The third-order valence-electron chi connectivity index (χ3n) is 6.14. The van der Waals surface area contributed by atoms with Crippen molar-refractivity contribution in [2.24, 2.45) is 5.92 Å². The number of benzene rings is 2. The van der Waals surface area contributed by atoms with Gasteiger partial charge in [0, 0.05) is 11.6 Å². The smallest absolute Gasteiger partial charge is 0.338 e. The number of aromatic nitrogens is 2. The zero-order chi connectivity index (χ0) is 23.2. The Morgan fingerprint density at radius 1 is 1.15 bits per heavy atom. The lowest BCUT2D eigenvalue weighted by Gasteiger charge is -2.30. The maximum Gasteiger partial charge on any atom is 0.338 e. The number of nitrogens with zero attached hydrogens (tertiary/aromatic N) is 2. The number of hydrogen-bond donors (Lipinski definition) is 2. The summed E-state index contributed by atoms with van der Waals surface area (Å²) in [4.78, 5) is 35.2. The average Bonchev–Trinajstić information content (AvgIpc) is 3.21. The van der Waals surface area contributed by atoms with Crippen LogP contribution in [0.25, 0.3) is 11.0 Å². The molecule has 0 spiro atoms. The minimum Gasteiger partial charge on any atom is -0.462 e. The highest BCUT2D eigenvalue weighted by Gasteiger charge is 2.25. The number of imidazole rings is 1. The number of piperidine rings is 1. The van der Waals surface area contributed by atoms with Crippen LogP contribution in [0.2, 0.25) is 0 Å². The highest BCUT2D eigenvalue weighted by atomic mass is 16.5. The molecule has 1 saturated heterocycles. The van der Waals surface area contributed by atoms with E-state index in [1.807, 2.05) is 6.07 Å². The van der Waals surface area contributed by atoms with Crippen LogP contribution in [-0.4, -0.2) is 46.4 Å². The van der Waals surface area contributed by atoms with Gasteiger partial charge in [0.05, 0.1) is 29.7 Å². The number of fused-ring (bicyclic) bond motifs is 1. The molecule has 4 rings (SSSR count). The normalized spacial score (nSPS) is 15.0. The van der Waals surface area contributed by atoms with Crippen LogP contribution in [0.15, 0.2) is 42.5 Å². The molecule has 174 valence electrons. The lowest BCUT2D eigenvalue weighted by molar-refractivity contribution is -0.121. The first-order chi connectivity index (χ1) is 16.0. The van der Waals surface area contributed by atoms with Gasteiger partial charge in [0.25, 0.3) is 0 Å². The molecule has 1 fully saturated rings. The van der Waals surface area contributed by atoms with Crippen LogP contribution in [0.4, 0.5) is 5.69 Å². The molecule has 2 heterocycles. The standard InChI is InChI=1S/C26H32N4O3/c1-3-4-15-33-26(32)20-6-8-21(9-7-20)27-25(31)19-11-13-30(14-12-19)17-24-28-22-10-5-18(2)16-23(22)29-24/h5-10,16,19H,3-4,11-15,17H2,1-2H3,(H,27,31)(H,28,29). The Morgan fingerprint density at radius 3 is 2.64 bits per heavy atom. The van der Waals surface area contributed by atoms with Gasteiger partial charge >= 0.3 is 5.97 Å². The van der Waals surface area contributed by atoms with Gasteiger partial charge in [-0.25, -0.2) is 9.78 Å². The van der Waals surface area contributed by atoms with Crippen molar-refractivity contribution < 1.29 is 14.3 Å². The summed E-state index contributed by atoms with van der Waals surface area (Å²) in [6, 6.07) is 13.1. The maximum atomic E-state index is 12.7. The van der Waals surface area contributed by atoms with Gasteiger partial charge in [-0.2, -0.15) is 0 Å². The van der Waals surface area contributed by atoms with Gasteiger partial charge in [-0.15, -0.1) is 0 Å². The van der Waals surface area contributed by atoms with E-state index in [1.54, 1.807) is 24.3 Å². The fraction of sp³-hybridized carbons (Fsp3) is 0.423. The molecule has 1 aromatic heterocycles. The third-order valence-corrected chi connectivity index (χ3v) is 6.14. The second-order valence-electron chi connectivity index (χ2n) is 8.81. The molecule has 0 bridgehead atoms. The number of aromatic amines is 1. The lowest BCUT2D eigenvalue weighted by atomic mass is 9.95. The number of esters is 1. The van der Waals surface area contributed by atoms with Crippen molar-refractivity contribution in [2.45, 2.75) is 46.1 Å². The molecule has 33 heavy (non-hydrogen) atoms. The number of aryl methyl sites for hydroxylation is 1. The van der Waals surface area contributed by atoms with Crippen molar-refractivity contribution in [3.05, 3.63) is 59.4 Å². The summed E-state index contributed by atoms with van der Waals surface area (Å²) >= 11 is 0. The van der Waals surface area contributed by atoms with Crippen LogP contribution >= 0.6 is 0 Å². The monoisotopic (exact) mass is 448 g/mol. The van der Waals surface area contributed by atoms with Crippen LogP contribution in [0, 0.1) is 12.8 Å². The largest absolute Gasteiger partial charge is 0.462 e. The Morgan fingerprint density at radius 2 is 1.91 bits per heavy atom. The summed E-state index contributed by atoms with van der Waals surface area (Å²) in [5, 5.41) is 2.99. The lowest BCUT2D eigenvalue weighted by Crippen LogP contribution is -2.38. The van der Waals surface area contributed by atoms with Crippen LogP contribution in [0.5, 0.6) is 0 Å². The van der Waals surface area contributed by atoms with Gasteiger partial charge in [-0.3, -0.25) is 9.69 Å². The number of unbranched alkanes of at least 4 members (excludes halogenated alkanes) is 1. The van der Waals surface area contributed by atoms with Gasteiger partial charge in [-0.1, -0.05) is 19.4 Å². The summed E-state index contributed by atoms with van der Waals surface area (Å²) in [5.41, 5.74) is 4.47. The zero-order valence-electron chi connectivity index (χ0n) is 19.4. The number of likely N-dealkylation sites (tertiary alicyclic amines) is 1. The number of amides is 1. The quantitative estimate of drug-likeness (QED) is 0.386. The number of carbonyl (C=O) groups is 2. The predicted octanol–water partition coefficient (Wildman–Crippen LogP) is 4.68. The summed E-state index contributed by atoms with van der Waals surface area (Å²) in [5.74, 6) is 0.658. The highest BCUT2D eigenvalue weighted by Crippen LogP contribution is 2.22. The van der Waals surface area contributed by atoms with Gasteiger partial charge in [0.15, 0.2) is 0 Å². The molecule has 1 amide bonds. The molecule has 0 radical (unpaired) electrons. The Labute approximate surface area is 194 Å². The zero-order valence-corrected chi connectivity index (χ0v) is 19.4. The topological polar surface area (TPSA) is 87.3 Å². The van der Waals surface area contributed by atoms with Crippen molar-refractivity contribution in [3.8, 4) is 0 Å². The second-order valence-corrected chi connectivity index (χ2v) is 8.81. The summed E-state index contributed by atoms with van der Waals surface area (Å²) < 4.78 is 5.22. The van der Waals surface area contributed by atoms with Crippen molar-refractivity contribution in [1.29, 1.82) is 0 Å². The Kier molecular flexibility index (Phi) is 7.40. The van der Waals surface area contributed by atoms with Crippen LogP contribution in [0.3, 0.4) is 0 Å². The van der Waals surface area contributed by atoms with Crippen molar-refractivity contribution >= 4 is 28.6 Å². The number of hydrogen-bond acceptors (Lipinski definition) is 5. The molecular weight excluding hydrogens is 416 g/mol. The van der Waals surface area contributed by atoms with Gasteiger partial charge in [0.1, 0.15) is 5.82 Å². The van der Waals surface area contributed by atoms with E-state index in [0.29, 0.717) is 17.9 Å². The molecule has 2 N–H and O–H groups in total. The predicted molar refractivity (Wildman–Crippen MR) is 129 cm³/mol.